The molecule has 5 heteroatoms. The summed E-state index contributed by atoms with van der Waals surface area (Å²) in [6.07, 6.45) is -3.49. The molecule has 1 aromatic carbocycles. The third kappa shape index (κ3) is 2.54. The molecule has 1 fully saturated rings. The Morgan fingerprint density at radius 3 is 2.65 bits per heavy atom. The maximum Gasteiger partial charge on any atom is 0.419 e. The molecular formula is C12H14F3NO. The second kappa shape index (κ2) is 4.56. The number of methoxy groups -OCH3 is 1. The molecular weight excluding hydrogens is 231 g/mol. The molecule has 0 spiro atoms. The smallest absolute Gasteiger partial charge is 0.419 e. The molecule has 0 amide bonds. The number of hydrogen-bond acceptors (Lipinski definition) is 2. The summed E-state index contributed by atoms with van der Waals surface area (Å²) in [7, 11) is 1.25. The SMILES string of the molecule is COc1ccc(C2CCNC2)cc1C(F)(F)F. The summed E-state index contributed by atoms with van der Waals surface area (Å²) < 4.78 is 43.2. The number of nitrogens with one attached hydrogen (secondary N) is 1. The van der Waals surface area contributed by atoms with Crippen molar-refractivity contribution in [3.8, 4) is 5.75 Å². The first kappa shape index (κ1) is 12.2. The van der Waals surface area contributed by atoms with E-state index in [1.54, 1.807) is 6.07 Å². The van der Waals surface area contributed by atoms with Crippen molar-refractivity contribution in [2.45, 2.75) is 18.5 Å². The van der Waals surface area contributed by atoms with Crippen LogP contribution in [-0.2, 0) is 6.18 Å². The largest absolute Gasteiger partial charge is 0.496 e. The summed E-state index contributed by atoms with van der Waals surface area (Å²) in [5.74, 6) is 0.0502. The van der Waals surface area contributed by atoms with E-state index in [2.05, 4.69) is 5.32 Å². The van der Waals surface area contributed by atoms with Gasteiger partial charge >= 0.3 is 6.18 Å². The topological polar surface area (TPSA) is 21.3 Å². The average Bonchev–Trinajstić information content (AvgIpc) is 2.80. The van der Waals surface area contributed by atoms with Crippen LogP contribution in [0.1, 0.15) is 23.5 Å². The first-order chi connectivity index (χ1) is 8.02. The summed E-state index contributed by atoms with van der Waals surface area (Å²) in [6.45, 7) is 1.60. The van der Waals surface area contributed by atoms with Gasteiger partial charge in [0.25, 0.3) is 0 Å². The highest BCUT2D eigenvalue weighted by Crippen LogP contribution is 2.38. The highest BCUT2D eigenvalue weighted by atomic mass is 19.4. The Morgan fingerprint density at radius 2 is 2.12 bits per heavy atom. The number of halogens is 3. The van der Waals surface area contributed by atoms with Crippen LogP contribution in [0.15, 0.2) is 18.2 Å². The molecule has 17 heavy (non-hydrogen) atoms. The van der Waals surface area contributed by atoms with E-state index in [1.807, 2.05) is 0 Å². The lowest BCUT2D eigenvalue weighted by Gasteiger charge is -2.15. The molecule has 1 aliphatic rings. The molecule has 1 atom stereocenters. The van der Waals surface area contributed by atoms with E-state index >= 15 is 0 Å². The zero-order valence-electron chi connectivity index (χ0n) is 9.47. The molecule has 0 radical (unpaired) electrons. The van der Waals surface area contributed by atoms with Crippen molar-refractivity contribution in [1.29, 1.82) is 0 Å². The van der Waals surface area contributed by atoms with Gasteiger partial charge in [-0.25, -0.2) is 0 Å². The standard InChI is InChI=1S/C12H14F3NO/c1-17-11-3-2-8(9-4-5-16-7-9)6-10(11)12(13,14)15/h2-3,6,9,16H,4-5,7H2,1H3. The molecule has 2 nitrogen and oxygen atoms in total. The van der Waals surface area contributed by atoms with Crippen molar-refractivity contribution >= 4 is 0 Å². The highest BCUT2D eigenvalue weighted by Gasteiger charge is 2.35. The predicted octanol–water partition coefficient (Wildman–Crippen LogP) is 2.79. The van der Waals surface area contributed by atoms with Crippen LogP contribution < -0.4 is 10.1 Å². The Bertz CT molecular complexity index is 397. The minimum Gasteiger partial charge on any atom is -0.496 e. The fourth-order valence-electron chi connectivity index (χ4n) is 2.14. The molecule has 1 heterocycles. The summed E-state index contributed by atoms with van der Waals surface area (Å²) in [5.41, 5.74) is 0.0347. The number of rotatable bonds is 2. The molecule has 1 aromatic rings. The second-order valence-electron chi connectivity index (χ2n) is 4.15. The highest BCUT2D eigenvalue weighted by molar-refractivity contribution is 5.40. The van der Waals surface area contributed by atoms with Gasteiger partial charge in [-0.3, -0.25) is 0 Å². The lowest BCUT2D eigenvalue weighted by molar-refractivity contribution is -0.138. The van der Waals surface area contributed by atoms with Crippen LogP contribution in [0.3, 0.4) is 0 Å². The first-order valence-corrected chi connectivity index (χ1v) is 5.48. The van der Waals surface area contributed by atoms with Crippen molar-refractivity contribution in [3.63, 3.8) is 0 Å². The van der Waals surface area contributed by atoms with Crippen LogP contribution in [0.4, 0.5) is 13.2 Å². The van der Waals surface area contributed by atoms with E-state index in [1.165, 1.54) is 19.2 Å². The maximum absolute atomic E-state index is 12.8. The Labute approximate surface area is 97.8 Å². The molecule has 2 rings (SSSR count). The Morgan fingerprint density at radius 1 is 1.35 bits per heavy atom. The lowest BCUT2D eigenvalue weighted by atomic mass is 9.96. The quantitative estimate of drug-likeness (QED) is 0.865. The molecule has 0 aliphatic carbocycles. The van der Waals surface area contributed by atoms with Crippen molar-refractivity contribution in [2.75, 3.05) is 20.2 Å². The fourth-order valence-corrected chi connectivity index (χ4v) is 2.14. The molecule has 1 saturated heterocycles. The Kier molecular flexibility index (Phi) is 3.28. The van der Waals surface area contributed by atoms with E-state index in [0.717, 1.165) is 25.1 Å². The molecule has 0 aromatic heterocycles. The minimum atomic E-state index is -4.37. The van der Waals surface area contributed by atoms with Crippen molar-refractivity contribution in [1.82, 2.24) is 5.32 Å². The van der Waals surface area contributed by atoms with E-state index in [-0.39, 0.29) is 11.7 Å². The minimum absolute atomic E-state index is 0.118. The number of hydrogen-bond donors (Lipinski definition) is 1. The first-order valence-electron chi connectivity index (χ1n) is 5.48. The number of alkyl halides is 3. The van der Waals surface area contributed by atoms with E-state index in [9.17, 15) is 13.2 Å². The van der Waals surface area contributed by atoms with Crippen LogP contribution in [0, 0.1) is 0 Å². The molecule has 94 valence electrons. The third-order valence-corrected chi connectivity index (χ3v) is 3.06. The fraction of sp³-hybridized carbons (Fsp3) is 0.500. The van der Waals surface area contributed by atoms with Gasteiger partial charge in [-0.2, -0.15) is 13.2 Å². The van der Waals surface area contributed by atoms with Gasteiger partial charge in [-0.15, -0.1) is 0 Å². The predicted molar refractivity (Wildman–Crippen MR) is 58.2 cm³/mol. The van der Waals surface area contributed by atoms with Gasteiger partial charge < -0.3 is 10.1 Å². The molecule has 0 bridgehead atoms. The molecule has 1 N–H and O–H groups in total. The third-order valence-electron chi connectivity index (χ3n) is 3.06. The van der Waals surface area contributed by atoms with Gasteiger partial charge in [-0.1, -0.05) is 6.07 Å². The van der Waals surface area contributed by atoms with Crippen molar-refractivity contribution in [3.05, 3.63) is 29.3 Å². The second-order valence-corrected chi connectivity index (χ2v) is 4.15. The van der Waals surface area contributed by atoms with Gasteiger partial charge in [0.2, 0.25) is 0 Å². The maximum atomic E-state index is 12.8. The van der Waals surface area contributed by atoms with Crippen LogP contribution in [0.5, 0.6) is 5.75 Å². The van der Waals surface area contributed by atoms with Gasteiger partial charge in [0.05, 0.1) is 12.7 Å². The monoisotopic (exact) mass is 245 g/mol. The summed E-state index contributed by atoms with van der Waals surface area (Å²) in [5, 5.41) is 3.15. The summed E-state index contributed by atoms with van der Waals surface area (Å²) in [4.78, 5) is 0. The number of ether oxygens (including phenoxy) is 1. The van der Waals surface area contributed by atoms with Crippen molar-refractivity contribution in [2.24, 2.45) is 0 Å². The van der Waals surface area contributed by atoms with Crippen LogP contribution in [0.2, 0.25) is 0 Å². The van der Waals surface area contributed by atoms with Crippen LogP contribution >= 0.6 is 0 Å². The van der Waals surface area contributed by atoms with Crippen LogP contribution in [0.25, 0.3) is 0 Å². The zero-order valence-corrected chi connectivity index (χ0v) is 9.47. The molecule has 1 aliphatic heterocycles. The molecule has 1 unspecified atom stereocenters. The van der Waals surface area contributed by atoms with Gasteiger partial charge in [-0.05, 0) is 36.6 Å². The van der Waals surface area contributed by atoms with E-state index < -0.39 is 11.7 Å². The van der Waals surface area contributed by atoms with Gasteiger partial charge in [0.1, 0.15) is 5.75 Å². The van der Waals surface area contributed by atoms with Crippen molar-refractivity contribution < 1.29 is 17.9 Å². The molecule has 0 saturated carbocycles. The summed E-state index contributed by atoms with van der Waals surface area (Å²) in [6, 6.07) is 4.32. The Hall–Kier alpha value is -1.23. The van der Waals surface area contributed by atoms with E-state index in [4.69, 9.17) is 4.74 Å². The van der Waals surface area contributed by atoms with Gasteiger partial charge in [0, 0.05) is 6.54 Å². The Balaban J connectivity index is 2.37. The van der Waals surface area contributed by atoms with Gasteiger partial charge in [0.15, 0.2) is 0 Å². The summed E-state index contributed by atoms with van der Waals surface area (Å²) >= 11 is 0. The average molecular weight is 245 g/mol. The zero-order chi connectivity index (χ0) is 12.5. The lowest BCUT2D eigenvalue weighted by Crippen LogP contribution is -2.11. The van der Waals surface area contributed by atoms with Crippen LogP contribution in [-0.4, -0.2) is 20.2 Å². The van der Waals surface area contributed by atoms with E-state index in [0.29, 0.717) is 0 Å². The normalized spacial score (nSPS) is 20.6. The number of benzene rings is 1.